The molecular formula is C75H47N7. The van der Waals surface area contributed by atoms with Gasteiger partial charge in [-0.2, -0.15) is 0 Å². The van der Waals surface area contributed by atoms with Crippen molar-refractivity contribution in [3.8, 4) is 68.0 Å². The number of benzene rings is 12. The molecule has 17 aromatic rings. The molecule has 0 aliphatic carbocycles. The van der Waals surface area contributed by atoms with E-state index < -0.39 is 0 Å². The van der Waals surface area contributed by atoms with E-state index in [2.05, 4.69) is 267 Å². The molecule has 0 amide bonds. The quantitative estimate of drug-likeness (QED) is 0.152. The topological polar surface area (TPSA) is 58.4 Å². The number of aromatic nitrogens is 7. The molecule has 5 heterocycles. The Bertz CT molecular complexity index is 5060. The van der Waals surface area contributed by atoms with Crippen molar-refractivity contribution < 1.29 is 0 Å². The van der Waals surface area contributed by atoms with Crippen molar-refractivity contribution in [3.05, 3.63) is 285 Å². The van der Waals surface area contributed by atoms with Gasteiger partial charge in [-0.25, -0.2) is 15.0 Å². The predicted octanol–water partition coefficient (Wildman–Crippen LogP) is 18.9. The van der Waals surface area contributed by atoms with Crippen molar-refractivity contribution in [1.82, 2.24) is 33.2 Å². The molecule has 7 nitrogen and oxygen atoms in total. The first-order valence-corrected chi connectivity index (χ1v) is 27.8. The van der Waals surface area contributed by atoms with Gasteiger partial charge in [0.2, 0.25) is 0 Å². The molecule has 0 aliphatic rings. The molecular weight excluding hydrogens is 999 g/mol. The summed E-state index contributed by atoms with van der Waals surface area (Å²) in [5.41, 5.74) is 18.2. The summed E-state index contributed by atoms with van der Waals surface area (Å²) in [6.45, 7) is 0. The highest BCUT2D eigenvalue weighted by Crippen LogP contribution is 2.43. The number of nitrogens with zero attached hydrogens (tertiary/aromatic N) is 7. The maximum atomic E-state index is 5.46. The molecule has 0 saturated heterocycles. The molecule has 0 saturated carbocycles. The lowest BCUT2D eigenvalue weighted by Crippen LogP contribution is -2.04. The van der Waals surface area contributed by atoms with Crippen LogP contribution in [0.15, 0.2) is 285 Å². The number of fused-ring (bicyclic) bond motifs is 12. The van der Waals surface area contributed by atoms with E-state index in [0.29, 0.717) is 17.5 Å². The Hall–Kier alpha value is -11.2. The summed E-state index contributed by atoms with van der Waals surface area (Å²) < 4.78 is 9.63. The summed E-state index contributed by atoms with van der Waals surface area (Å²) in [5, 5.41) is 9.52. The second-order valence-corrected chi connectivity index (χ2v) is 21.2. The Labute approximate surface area is 471 Å². The number of para-hydroxylation sites is 6. The molecule has 0 atom stereocenters. The van der Waals surface area contributed by atoms with Crippen molar-refractivity contribution in [3.63, 3.8) is 0 Å². The minimum absolute atomic E-state index is 0.574. The van der Waals surface area contributed by atoms with Gasteiger partial charge in [-0.15, -0.1) is 0 Å². The van der Waals surface area contributed by atoms with Crippen molar-refractivity contribution in [2.75, 3.05) is 0 Å². The highest BCUT2D eigenvalue weighted by molar-refractivity contribution is 6.15. The van der Waals surface area contributed by atoms with E-state index in [1.807, 2.05) is 36.4 Å². The average molecular weight is 1050 g/mol. The zero-order valence-electron chi connectivity index (χ0n) is 44.3. The van der Waals surface area contributed by atoms with Crippen LogP contribution in [-0.2, 0) is 0 Å². The second kappa shape index (κ2) is 18.2. The van der Waals surface area contributed by atoms with Crippen molar-refractivity contribution in [2.45, 2.75) is 0 Å². The average Bonchev–Trinajstić information content (AvgIpc) is 3.83. The van der Waals surface area contributed by atoms with Gasteiger partial charge in [-0.05, 0) is 114 Å². The highest BCUT2D eigenvalue weighted by atomic mass is 15.1. The van der Waals surface area contributed by atoms with E-state index >= 15 is 0 Å². The molecule has 17 rings (SSSR count). The maximum absolute atomic E-state index is 5.46. The van der Waals surface area contributed by atoms with E-state index in [4.69, 9.17) is 15.0 Å². The molecule has 0 aliphatic heterocycles. The molecule has 382 valence electrons. The first-order valence-electron chi connectivity index (χ1n) is 27.8. The van der Waals surface area contributed by atoms with Crippen LogP contribution in [0.5, 0.6) is 0 Å². The van der Waals surface area contributed by atoms with Gasteiger partial charge < -0.3 is 18.3 Å². The van der Waals surface area contributed by atoms with E-state index in [-0.39, 0.29) is 0 Å². The van der Waals surface area contributed by atoms with Crippen LogP contribution in [0, 0.1) is 0 Å². The molecule has 0 unspecified atom stereocenters. The monoisotopic (exact) mass is 1050 g/mol. The highest BCUT2D eigenvalue weighted by Gasteiger charge is 2.24. The zero-order valence-corrected chi connectivity index (χ0v) is 44.3. The Balaban J connectivity index is 0.954. The SMILES string of the molecule is c1ccc(-c2nc(-c3ccccc3)nc(-c3cc(-c4ccc5c(c4)c4ccccc4n5-c4ccccc4)ccc3-n3c4ccc(-n5c6ccccc6c6ccccc65)cc4c4cc(-n5c6ccccc6c6ccccc65)ccc43)n2)cc1. The lowest BCUT2D eigenvalue weighted by atomic mass is 9.99. The van der Waals surface area contributed by atoms with Crippen LogP contribution >= 0.6 is 0 Å². The maximum Gasteiger partial charge on any atom is 0.166 e. The van der Waals surface area contributed by atoms with Gasteiger partial charge in [-0.3, -0.25) is 0 Å². The summed E-state index contributed by atoms with van der Waals surface area (Å²) in [4.78, 5) is 16.1. The third-order valence-corrected chi connectivity index (χ3v) is 16.6. The van der Waals surface area contributed by atoms with Gasteiger partial charge in [0.15, 0.2) is 17.5 Å². The molecule has 12 aromatic carbocycles. The van der Waals surface area contributed by atoms with E-state index in [9.17, 15) is 0 Å². The van der Waals surface area contributed by atoms with Crippen LogP contribution in [0.1, 0.15) is 0 Å². The first kappa shape index (κ1) is 45.8. The lowest BCUT2D eigenvalue weighted by molar-refractivity contribution is 1.06. The standard InChI is InChI=1S/C75H47N7/c1-4-20-48(21-5-1)73-76-74(49-22-6-2-7-23-49)78-75(77-73)63-45-51(50-36-40-69-60(44-50)59-30-14-19-35-68(59)79(69)52-24-8-3-9-25-52)37-41-72(63)82-70-42-38-53(80-64-31-15-10-26-55(64)56-27-11-16-32-65(56)80)46-61(70)62-47-54(39-43-71(62)82)81-66-33-17-12-28-57(66)58-29-13-18-34-67(58)81/h1-47H. The van der Waals surface area contributed by atoms with E-state index in [1.165, 1.54) is 32.3 Å². The minimum Gasteiger partial charge on any atom is -0.309 e. The molecule has 0 fully saturated rings. The number of hydrogen-bond acceptors (Lipinski definition) is 3. The van der Waals surface area contributed by atoms with Crippen LogP contribution in [-0.4, -0.2) is 33.2 Å². The van der Waals surface area contributed by atoms with Crippen LogP contribution in [0.25, 0.3) is 155 Å². The van der Waals surface area contributed by atoms with Crippen LogP contribution in [0.4, 0.5) is 0 Å². The largest absolute Gasteiger partial charge is 0.309 e. The van der Waals surface area contributed by atoms with Gasteiger partial charge in [0.25, 0.3) is 0 Å². The van der Waals surface area contributed by atoms with Gasteiger partial charge in [0.1, 0.15) is 0 Å². The molecule has 7 heteroatoms. The third kappa shape index (κ3) is 7.06. The Morgan fingerprint density at radius 2 is 0.524 bits per heavy atom. The summed E-state index contributed by atoms with van der Waals surface area (Å²) in [6, 6.07) is 102. The summed E-state index contributed by atoms with van der Waals surface area (Å²) in [6.07, 6.45) is 0. The number of rotatable bonds is 8. The minimum atomic E-state index is 0.574. The third-order valence-electron chi connectivity index (χ3n) is 16.6. The van der Waals surface area contributed by atoms with Crippen molar-refractivity contribution >= 4 is 87.2 Å². The molecule has 5 aromatic heterocycles. The van der Waals surface area contributed by atoms with Gasteiger partial charge >= 0.3 is 0 Å². The van der Waals surface area contributed by atoms with Crippen LogP contribution in [0.2, 0.25) is 0 Å². The molecule has 82 heavy (non-hydrogen) atoms. The van der Waals surface area contributed by atoms with Crippen molar-refractivity contribution in [2.24, 2.45) is 0 Å². The zero-order chi connectivity index (χ0) is 53.8. The summed E-state index contributed by atoms with van der Waals surface area (Å²) >= 11 is 0. The molecule has 0 radical (unpaired) electrons. The predicted molar refractivity (Wildman–Crippen MR) is 339 cm³/mol. The normalized spacial score (nSPS) is 11.9. The van der Waals surface area contributed by atoms with Crippen LogP contribution in [0.3, 0.4) is 0 Å². The lowest BCUT2D eigenvalue weighted by Gasteiger charge is -2.17. The van der Waals surface area contributed by atoms with E-state index in [1.54, 1.807) is 0 Å². The number of hydrogen-bond donors (Lipinski definition) is 0. The van der Waals surface area contributed by atoms with Gasteiger partial charge in [0, 0.05) is 76.8 Å². The molecule has 0 spiro atoms. The first-order chi connectivity index (χ1) is 40.7. The Morgan fingerprint density at radius 3 is 1.00 bits per heavy atom. The van der Waals surface area contributed by atoms with Crippen molar-refractivity contribution in [1.29, 1.82) is 0 Å². The Morgan fingerprint density at radius 1 is 0.195 bits per heavy atom. The van der Waals surface area contributed by atoms with E-state index in [0.717, 1.165) is 105 Å². The second-order valence-electron chi connectivity index (χ2n) is 21.2. The Kier molecular flexibility index (Phi) is 10.2. The molecule has 0 N–H and O–H groups in total. The summed E-state index contributed by atoms with van der Waals surface area (Å²) in [7, 11) is 0. The smallest absolute Gasteiger partial charge is 0.166 e. The van der Waals surface area contributed by atoms with Crippen LogP contribution < -0.4 is 0 Å². The van der Waals surface area contributed by atoms with Gasteiger partial charge in [0.05, 0.1) is 49.8 Å². The fourth-order valence-corrected chi connectivity index (χ4v) is 13.0. The fourth-order valence-electron chi connectivity index (χ4n) is 13.0. The van der Waals surface area contributed by atoms with Gasteiger partial charge in [-0.1, -0.05) is 182 Å². The summed E-state index contributed by atoms with van der Waals surface area (Å²) in [5.74, 6) is 1.78. The fraction of sp³-hybridized carbons (Fsp3) is 0. The molecule has 0 bridgehead atoms.